The smallest absolute Gasteiger partial charge is 0.257 e. The summed E-state index contributed by atoms with van der Waals surface area (Å²) in [5.74, 6) is -0.624. The Morgan fingerprint density at radius 2 is 1.87 bits per heavy atom. The Labute approximate surface area is 229 Å². The van der Waals surface area contributed by atoms with E-state index in [0.29, 0.717) is 22.4 Å². The fourth-order valence-corrected chi connectivity index (χ4v) is 6.99. The highest BCUT2D eigenvalue weighted by molar-refractivity contribution is 7.92. The Kier molecular flexibility index (Phi) is 6.60. The summed E-state index contributed by atoms with van der Waals surface area (Å²) < 4.78 is 35.5. The molecule has 39 heavy (non-hydrogen) atoms. The third-order valence-corrected chi connectivity index (χ3v) is 9.78. The van der Waals surface area contributed by atoms with Gasteiger partial charge in [0.15, 0.2) is 0 Å². The lowest BCUT2D eigenvalue weighted by Gasteiger charge is -2.35. The number of carbonyl (C=O) groups excluding carboxylic acids is 1. The van der Waals surface area contributed by atoms with E-state index in [2.05, 4.69) is 38.6 Å². The van der Waals surface area contributed by atoms with Gasteiger partial charge < -0.3 is 24.6 Å². The number of amides is 1. The monoisotopic (exact) mass is 552 g/mol. The molecule has 1 saturated heterocycles. The van der Waals surface area contributed by atoms with Crippen molar-refractivity contribution in [2.45, 2.75) is 58.3 Å². The van der Waals surface area contributed by atoms with Crippen molar-refractivity contribution in [2.24, 2.45) is 5.41 Å². The molecule has 10 heteroatoms. The summed E-state index contributed by atoms with van der Waals surface area (Å²) in [6.45, 7) is 6.06. The molecule has 208 valence electrons. The van der Waals surface area contributed by atoms with Crippen LogP contribution in [0.15, 0.2) is 42.5 Å². The van der Waals surface area contributed by atoms with Gasteiger partial charge in [-0.25, -0.2) is 8.42 Å². The minimum atomic E-state index is -3.69. The van der Waals surface area contributed by atoms with Gasteiger partial charge in [0, 0.05) is 30.7 Å². The molecule has 3 heterocycles. The standard InChI is InChI=1S/C29H36N4O5S/c1-19-18-33-25-5-3-4-24(23(25)17-26(33)20(2)38-19)30-28(35)22-7-6-21(31-39(36,37)15-14-34)16-27(22)32-12-10-29(8-9-29)11-13-32/h3-7,16-17,19-20,31,34H,8-15,18H2,1-2H3,(H,30,35). The van der Waals surface area contributed by atoms with Crippen molar-refractivity contribution >= 4 is 43.9 Å². The molecule has 0 bridgehead atoms. The van der Waals surface area contributed by atoms with Gasteiger partial charge in [-0.2, -0.15) is 0 Å². The maximum atomic E-state index is 13.8. The summed E-state index contributed by atoms with van der Waals surface area (Å²) in [7, 11) is -3.69. The van der Waals surface area contributed by atoms with Crippen molar-refractivity contribution in [3.05, 3.63) is 53.7 Å². The van der Waals surface area contributed by atoms with Gasteiger partial charge in [-0.1, -0.05) is 6.07 Å². The number of ether oxygens (including phenoxy) is 1. The number of fused-ring (bicyclic) bond motifs is 3. The topological polar surface area (TPSA) is 113 Å². The number of aromatic nitrogens is 1. The predicted molar refractivity (Wildman–Crippen MR) is 153 cm³/mol. The molecule has 0 radical (unpaired) electrons. The number of hydrogen-bond donors (Lipinski definition) is 3. The van der Waals surface area contributed by atoms with Gasteiger partial charge in [0.05, 0.1) is 52.7 Å². The molecule has 2 unspecified atom stereocenters. The SMILES string of the molecule is CC1Cn2c(cc3c(NC(=O)c4ccc(NS(=O)(=O)CCO)cc4N4CCC5(CC4)CC5)cccc32)C(C)O1. The number of anilines is 3. The molecule has 3 aromatic rings. The van der Waals surface area contributed by atoms with E-state index in [1.165, 1.54) is 12.8 Å². The molecular weight excluding hydrogens is 516 g/mol. The number of hydrogen-bond acceptors (Lipinski definition) is 6. The van der Waals surface area contributed by atoms with E-state index >= 15 is 0 Å². The van der Waals surface area contributed by atoms with Gasteiger partial charge in [0.25, 0.3) is 5.91 Å². The lowest BCUT2D eigenvalue weighted by Crippen LogP contribution is -2.35. The number of rotatable bonds is 7. The second kappa shape index (κ2) is 9.83. The van der Waals surface area contributed by atoms with E-state index in [1.807, 2.05) is 19.1 Å². The maximum Gasteiger partial charge on any atom is 0.257 e. The molecule has 1 aliphatic carbocycles. The third kappa shape index (κ3) is 5.13. The number of piperidine rings is 1. The highest BCUT2D eigenvalue weighted by Crippen LogP contribution is 2.54. The molecule has 2 fully saturated rings. The summed E-state index contributed by atoms with van der Waals surface area (Å²) in [6, 6.07) is 13.1. The first-order valence-electron chi connectivity index (χ1n) is 13.8. The molecular formula is C29H36N4O5S. The Hall–Kier alpha value is -3.08. The fraction of sp³-hybridized carbons (Fsp3) is 0.483. The van der Waals surface area contributed by atoms with Crippen LogP contribution in [0.2, 0.25) is 0 Å². The number of carbonyl (C=O) groups is 1. The first-order chi connectivity index (χ1) is 18.7. The van der Waals surface area contributed by atoms with Crippen molar-refractivity contribution in [3.63, 3.8) is 0 Å². The van der Waals surface area contributed by atoms with Crippen LogP contribution in [0.3, 0.4) is 0 Å². The zero-order valence-corrected chi connectivity index (χ0v) is 23.3. The normalized spacial score (nSPS) is 22.1. The van der Waals surface area contributed by atoms with Gasteiger partial charge in [0.1, 0.15) is 0 Å². The zero-order valence-electron chi connectivity index (χ0n) is 22.4. The molecule has 1 saturated carbocycles. The third-order valence-electron chi connectivity index (χ3n) is 8.52. The molecule has 2 aromatic carbocycles. The van der Waals surface area contributed by atoms with Crippen LogP contribution < -0.4 is 14.9 Å². The lowest BCUT2D eigenvalue weighted by molar-refractivity contribution is -0.0256. The van der Waals surface area contributed by atoms with Crippen molar-refractivity contribution < 1.29 is 23.1 Å². The summed E-state index contributed by atoms with van der Waals surface area (Å²) in [6.07, 6.45) is 4.75. The van der Waals surface area contributed by atoms with E-state index < -0.39 is 16.6 Å². The van der Waals surface area contributed by atoms with Crippen LogP contribution in [0.1, 0.15) is 61.7 Å². The molecule has 2 aliphatic heterocycles. The first-order valence-corrected chi connectivity index (χ1v) is 15.4. The predicted octanol–water partition coefficient (Wildman–Crippen LogP) is 4.49. The van der Waals surface area contributed by atoms with Gasteiger partial charge in [-0.05, 0) is 81.3 Å². The number of nitrogens with one attached hydrogen (secondary N) is 2. The van der Waals surface area contributed by atoms with E-state index in [4.69, 9.17) is 9.84 Å². The Bertz CT molecular complexity index is 1520. The van der Waals surface area contributed by atoms with Gasteiger partial charge in [-0.15, -0.1) is 0 Å². The van der Waals surface area contributed by atoms with E-state index in [9.17, 15) is 13.2 Å². The van der Waals surface area contributed by atoms with Crippen LogP contribution in [0.25, 0.3) is 10.9 Å². The molecule has 3 N–H and O–H groups in total. The van der Waals surface area contributed by atoms with Crippen molar-refractivity contribution in [2.75, 3.05) is 40.4 Å². The first kappa shape index (κ1) is 26.2. The van der Waals surface area contributed by atoms with Crippen LogP contribution >= 0.6 is 0 Å². The zero-order chi connectivity index (χ0) is 27.4. The lowest BCUT2D eigenvalue weighted by atomic mass is 9.93. The maximum absolute atomic E-state index is 13.8. The Morgan fingerprint density at radius 1 is 1.10 bits per heavy atom. The number of sulfonamides is 1. The van der Waals surface area contributed by atoms with Gasteiger partial charge in [-0.3, -0.25) is 9.52 Å². The Balaban J connectivity index is 1.32. The van der Waals surface area contributed by atoms with Crippen molar-refractivity contribution in [1.82, 2.24) is 4.57 Å². The van der Waals surface area contributed by atoms with Crippen LogP contribution in [-0.2, 0) is 21.3 Å². The summed E-state index contributed by atoms with van der Waals surface area (Å²) >= 11 is 0. The van der Waals surface area contributed by atoms with Crippen LogP contribution in [0.5, 0.6) is 0 Å². The molecule has 3 aliphatic rings. The molecule has 6 rings (SSSR count). The highest BCUT2D eigenvalue weighted by atomic mass is 32.2. The second-order valence-corrected chi connectivity index (χ2v) is 13.2. The minimum Gasteiger partial charge on any atom is -0.395 e. The summed E-state index contributed by atoms with van der Waals surface area (Å²) in [4.78, 5) is 16.0. The van der Waals surface area contributed by atoms with E-state index in [-0.39, 0.29) is 23.9 Å². The molecule has 1 amide bonds. The summed E-state index contributed by atoms with van der Waals surface area (Å²) in [5, 5.41) is 13.2. The average molecular weight is 553 g/mol. The van der Waals surface area contributed by atoms with Gasteiger partial charge in [0.2, 0.25) is 10.0 Å². The molecule has 1 spiro atoms. The quantitative estimate of drug-likeness (QED) is 0.398. The number of benzene rings is 2. The van der Waals surface area contributed by atoms with Crippen molar-refractivity contribution in [3.8, 4) is 0 Å². The average Bonchev–Trinajstić information content (AvgIpc) is 3.53. The van der Waals surface area contributed by atoms with Gasteiger partial charge >= 0.3 is 0 Å². The van der Waals surface area contributed by atoms with Crippen LogP contribution in [-0.4, -0.2) is 55.6 Å². The van der Waals surface area contributed by atoms with Crippen LogP contribution in [0.4, 0.5) is 17.1 Å². The fourth-order valence-electron chi connectivity index (χ4n) is 6.16. The van der Waals surface area contributed by atoms with E-state index in [0.717, 1.165) is 54.8 Å². The molecule has 1 aromatic heterocycles. The van der Waals surface area contributed by atoms with Crippen LogP contribution in [0, 0.1) is 5.41 Å². The summed E-state index contributed by atoms with van der Waals surface area (Å²) in [5.41, 5.74) is 4.93. The number of aliphatic hydroxyl groups is 1. The van der Waals surface area contributed by atoms with E-state index in [1.54, 1.807) is 18.2 Å². The molecule has 9 nitrogen and oxygen atoms in total. The van der Waals surface area contributed by atoms with Crippen molar-refractivity contribution in [1.29, 1.82) is 0 Å². The minimum absolute atomic E-state index is 0.0349. The number of aliphatic hydroxyl groups excluding tert-OH is 1. The molecule has 2 atom stereocenters. The number of nitrogens with zero attached hydrogens (tertiary/aromatic N) is 2. The highest BCUT2D eigenvalue weighted by Gasteiger charge is 2.44. The Morgan fingerprint density at radius 3 is 2.59 bits per heavy atom. The largest absolute Gasteiger partial charge is 0.395 e. The second-order valence-electron chi connectivity index (χ2n) is 11.3.